The van der Waals surface area contributed by atoms with Gasteiger partial charge in [-0.1, -0.05) is 29.8 Å². The van der Waals surface area contributed by atoms with Crippen molar-refractivity contribution < 1.29 is 9.21 Å². The predicted octanol–water partition coefficient (Wildman–Crippen LogP) is 3.68. The second-order valence-electron chi connectivity index (χ2n) is 4.83. The lowest BCUT2D eigenvalue weighted by atomic mass is 10.1. The Bertz CT molecular complexity index is 950. The quantitative estimate of drug-likeness (QED) is 0.547. The lowest BCUT2D eigenvalue weighted by Crippen LogP contribution is -2.08. The highest BCUT2D eigenvalue weighted by atomic mass is 35.5. The van der Waals surface area contributed by atoms with Crippen molar-refractivity contribution in [1.82, 2.24) is 4.57 Å². The summed E-state index contributed by atoms with van der Waals surface area (Å²) < 4.78 is 6.47. The number of ketones is 1. The maximum absolute atomic E-state index is 12.2. The molecular weight excluding hydrogens is 302 g/mol. The highest BCUT2D eigenvalue weighted by Gasteiger charge is 2.09. The molecule has 0 N–H and O–H groups in total. The second kappa shape index (κ2) is 5.66. The molecule has 22 heavy (non-hydrogen) atoms. The van der Waals surface area contributed by atoms with Gasteiger partial charge in [0.25, 0.3) is 0 Å². The monoisotopic (exact) mass is 313 g/mol. The normalized spacial score (nSPS) is 11.4. The summed E-state index contributed by atoms with van der Waals surface area (Å²) in [4.78, 5) is 23.7. The molecule has 4 nitrogen and oxygen atoms in total. The van der Waals surface area contributed by atoms with Gasteiger partial charge in [0.05, 0.1) is 5.52 Å². The van der Waals surface area contributed by atoms with E-state index in [2.05, 4.69) is 0 Å². The number of fused-ring (bicyclic) bond motifs is 1. The van der Waals surface area contributed by atoms with Gasteiger partial charge in [-0.25, -0.2) is 4.79 Å². The smallest absolute Gasteiger partial charge is 0.408 e. The van der Waals surface area contributed by atoms with E-state index in [1.165, 1.54) is 10.6 Å². The Hall–Kier alpha value is -2.59. The fourth-order valence-electron chi connectivity index (χ4n) is 2.16. The Labute approximate surface area is 131 Å². The standard InChI is InChI=1S/C17H12ClNO3/c1-19-14-8-6-12(10-16(14)22-17(19)21)15(20)9-7-11-4-2-3-5-13(11)18/h2-10H,1H3/b9-7+. The van der Waals surface area contributed by atoms with E-state index in [1.54, 1.807) is 37.4 Å². The van der Waals surface area contributed by atoms with Crippen LogP contribution in [0.2, 0.25) is 5.02 Å². The number of carbonyl (C=O) groups is 1. The van der Waals surface area contributed by atoms with Crippen molar-refractivity contribution in [3.8, 4) is 0 Å². The minimum Gasteiger partial charge on any atom is -0.408 e. The number of halogens is 1. The van der Waals surface area contributed by atoms with E-state index >= 15 is 0 Å². The molecule has 3 aromatic rings. The molecule has 2 aromatic carbocycles. The zero-order chi connectivity index (χ0) is 15.7. The van der Waals surface area contributed by atoms with Gasteiger partial charge < -0.3 is 4.42 Å². The minimum absolute atomic E-state index is 0.187. The summed E-state index contributed by atoms with van der Waals surface area (Å²) in [5.74, 6) is -0.639. The topological polar surface area (TPSA) is 52.2 Å². The minimum atomic E-state index is -0.453. The zero-order valence-corrected chi connectivity index (χ0v) is 12.5. The molecule has 0 bridgehead atoms. The van der Waals surface area contributed by atoms with Gasteiger partial charge in [0.1, 0.15) is 0 Å². The number of rotatable bonds is 3. The van der Waals surface area contributed by atoms with Gasteiger partial charge in [0.2, 0.25) is 0 Å². The Morgan fingerprint density at radius 1 is 1.23 bits per heavy atom. The Balaban J connectivity index is 1.92. The molecule has 0 fully saturated rings. The van der Waals surface area contributed by atoms with E-state index in [-0.39, 0.29) is 5.78 Å². The van der Waals surface area contributed by atoms with Crippen molar-refractivity contribution in [2.45, 2.75) is 0 Å². The largest absolute Gasteiger partial charge is 0.419 e. The van der Waals surface area contributed by atoms with E-state index in [9.17, 15) is 9.59 Å². The van der Waals surface area contributed by atoms with E-state index in [4.69, 9.17) is 16.0 Å². The summed E-state index contributed by atoms with van der Waals surface area (Å²) in [6.07, 6.45) is 3.11. The molecule has 0 saturated heterocycles. The van der Waals surface area contributed by atoms with Crippen molar-refractivity contribution in [2.24, 2.45) is 7.05 Å². The number of nitrogens with zero attached hydrogens (tertiary/aromatic N) is 1. The van der Waals surface area contributed by atoms with Crippen molar-refractivity contribution in [3.63, 3.8) is 0 Å². The first kappa shape index (κ1) is 14.4. The van der Waals surface area contributed by atoms with Crippen molar-refractivity contribution in [2.75, 3.05) is 0 Å². The molecule has 0 atom stereocenters. The first-order chi connectivity index (χ1) is 10.6. The van der Waals surface area contributed by atoms with Gasteiger partial charge in [0.15, 0.2) is 11.4 Å². The summed E-state index contributed by atoms with van der Waals surface area (Å²) in [7, 11) is 1.62. The summed E-state index contributed by atoms with van der Waals surface area (Å²) in [6.45, 7) is 0. The van der Waals surface area contributed by atoms with Gasteiger partial charge in [-0.2, -0.15) is 0 Å². The lowest BCUT2D eigenvalue weighted by molar-refractivity contribution is 0.104. The third-order valence-electron chi connectivity index (χ3n) is 3.40. The third kappa shape index (κ3) is 2.61. The molecule has 0 aliphatic carbocycles. The van der Waals surface area contributed by atoms with Crippen molar-refractivity contribution in [1.29, 1.82) is 0 Å². The Morgan fingerprint density at radius 3 is 2.77 bits per heavy atom. The molecule has 0 radical (unpaired) electrons. The molecule has 3 rings (SSSR count). The number of oxazole rings is 1. The number of allylic oxidation sites excluding steroid dienone is 1. The van der Waals surface area contributed by atoms with Gasteiger partial charge in [-0.15, -0.1) is 0 Å². The molecular formula is C17H12ClNO3. The fourth-order valence-corrected chi connectivity index (χ4v) is 2.36. The van der Waals surface area contributed by atoms with Crippen LogP contribution in [-0.2, 0) is 7.05 Å². The van der Waals surface area contributed by atoms with Gasteiger partial charge in [-0.05, 0) is 42.0 Å². The van der Waals surface area contributed by atoms with Crippen LogP contribution >= 0.6 is 11.6 Å². The van der Waals surface area contributed by atoms with Crippen LogP contribution in [0.3, 0.4) is 0 Å². The molecule has 0 saturated carbocycles. The van der Waals surface area contributed by atoms with Crippen molar-refractivity contribution in [3.05, 3.63) is 75.2 Å². The van der Waals surface area contributed by atoms with Gasteiger partial charge in [0, 0.05) is 17.6 Å². The first-order valence-electron chi connectivity index (χ1n) is 6.63. The molecule has 1 heterocycles. The lowest BCUT2D eigenvalue weighted by Gasteiger charge is -1.98. The number of benzene rings is 2. The van der Waals surface area contributed by atoms with Gasteiger partial charge >= 0.3 is 5.76 Å². The SMILES string of the molecule is Cn1c(=O)oc2cc(C(=O)/C=C/c3ccccc3Cl)ccc21. The molecule has 0 spiro atoms. The van der Waals surface area contributed by atoms with Crippen molar-refractivity contribution >= 4 is 34.6 Å². The average molecular weight is 314 g/mol. The second-order valence-corrected chi connectivity index (χ2v) is 5.24. The summed E-state index contributed by atoms with van der Waals surface area (Å²) in [5, 5.41) is 0.580. The van der Waals surface area contributed by atoms with E-state index < -0.39 is 5.76 Å². The zero-order valence-electron chi connectivity index (χ0n) is 11.7. The molecule has 0 amide bonds. The molecule has 1 aromatic heterocycles. The number of hydrogen-bond donors (Lipinski definition) is 0. The molecule has 0 unspecified atom stereocenters. The van der Waals surface area contributed by atoms with Crippen LogP contribution in [0.4, 0.5) is 0 Å². The molecule has 110 valence electrons. The van der Waals surface area contributed by atoms with Gasteiger partial charge in [-0.3, -0.25) is 9.36 Å². The summed E-state index contributed by atoms with van der Waals surface area (Å²) in [6, 6.07) is 12.2. The molecule has 0 aliphatic rings. The van der Waals surface area contributed by atoms with Crippen LogP contribution in [0.25, 0.3) is 17.2 Å². The number of aromatic nitrogens is 1. The van der Waals surface area contributed by atoms with E-state index in [0.29, 0.717) is 21.7 Å². The van der Waals surface area contributed by atoms with Crippen LogP contribution in [-0.4, -0.2) is 10.4 Å². The number of aryl methyl sites for hydroxylation is 1. The molecule has 5 heteroatoms. The summed E-state index contributed by atoms with van der Waals surface area (Å²) >= 11 is 6.04. The number of carbonyl (C=O) groups excluding carboxylic acids is 1. The highest BCUT2D eigenvalue weighted by molar-refractivity contribution is 6.32. The predicted molar refractivity (Wildman–Crippen MR) is 86.3 cm³/mol. The van der Waals surface area contributed by atoms with Crippen LogP contribution in [0.1, 0.15) is 15.9 Å². The number of hydrogen-bond acceptors (Lipinski definition) is 3. The van der Waals surface area contributed by atoms with Crippen LogP contribution in [0.15, 0.2) is 57.8 Å². The fraction of sp³-hybridized carbons (Fsp3) is 0.0588. The van der Waals surface area contributed by atoms with Crippen LogP contribution in [0, 0.1) is 0 Å². The Kier molecular flexibility index (Phi) is 3.69. The third-order valence-corrected chi connectivity index (χ3v) is 3.74. The maximum Gasteiger partial charge on any atom is 0.419 e. The highest BCUT2D eigenvalue weighted by Crippen LogP contribution is 2.18. The van der Waals surface area contributed by atoms with Crippen LogP contribution in [0.5, 0.6) is 0 Å². The average Bonchev–Trinajstić information content (AvgIpc) is 2.80. The van der Waals surface area contributed by atoms with Crippen LogP contribution < -0.4 is 5.76 Å². The maximum atomic E-state index is 12.2. The summed E-state index contributed by atoms with van der Waals surface area (Å²) in [5.41, 5.74) is 2.26. The van der Waals surface area contributed by atoms with E-state index in [1.807, 2.05) is 18.2 Å². The molecule has 0 aliphatic heterocycles. The first-order valence-corrected chi connectivity index (χ1v) is 7.00. The van der Waals surface area contributed by atoms with E-state index in [0.717, 1.165) is 5.56 Å². The Morgan fingerprint density at radius 2 is 2.00 bits per heavy atom.